The standard InChI is InChI=1S/C41H79O13P/c1-3-5-7-9-10-11-12-13-14-15-16-17-18-19-20-21-22-23-24-26-28-30-35(43)53-33(31-51-34(42)29-27-25-8-6-4-2)32-52-55(49,50)54-41-39(47)37(45)36(44)38(46)40(41)48/h33,36-41,44-48H,3-32H2,1-2H3,(H,49,50). The number of phosphoric acid groups is 1. The molecule has 1 rings (SSSR count). The third kappa shape index (κ3) is 25.7. The number of rotatable bonds is 36. The van der Waals surface area contributed by atoms with Gasteiger partial charge in [-0.15, -0.1) is 0 Å². The van der Waals surface area contributed by atoms with Gasteiger partial charge in [0, 0.05) is 12.8 Å². The molecule has 0 aromatic carbocycles. The predicted octanol–water partition coefficient (Wildman–Crippen LogP) is 7.72. The van der Waals surface area contributed by atoms with Crippen LogP contribution in [0.3, 0.4) is 0 Å². The summed E-state index contributed by atoms with van der Waals surface area (Å²) in [6.45, 7) is 3.19. The number of hydrogen-bond donors (Lipinski definition) is 6. The van der Waals surface area contributed by atoms with Crippen LogP contribution in [0.25, 0.3) is 0 Å². The lowest BCUT2D eigenvalue weighted by atomic mass is 9.85. The topological polar surface area (TPSA) is 210 Å². The summed E-state index contributed by atoms with van der Waals surface area (Å²) >= 11 is 0. The van der Waals surface area contributed by atoms with Gasteiger partial charge in [0.05, 0.1) is 6.61 Å². The van der Waals surface area contributed by atoms with Crippen LogP contribution < -0.4 is 0 Å². The summed E-state index contributed by atoms with van der Waals surface area (Å²) in [5.74, 6) is -1.10. The van der Waals surface area contributed by atoms with E-state index < -0.39 is 75.7 Å². The fourth-order valence-electron chi connectivity index (χ4n) is 6.88. The lowest BCUT2D eigenvalue weighted by Crippen LogP contribution is -2.64. The Morgan fingerprint density at radius 2 is 0.818 bits per heavy atom. The molecule has 326 valence electrons. The quantitative estimate of drug-likeness (QED) is 0.0204. The monoisotopic (exact) mass is 811 g/mol. The van der Waals surface area contributed by atoms with Crippen molar-refractivity contribution in [2.45, 2.75) is 236 Å². The minimum Gasteiger partial charge on any atom is -0.462 e. The van der Waals surface area contributed by atoms with E-state index in [9.17, 15) is 44.6 Å². The molecule has 0 amide bonds. The summed E-state index contributed by atoms with van der Waals surface area (Å²) in [6.07, 6.45) is 18.1. The van der Waals surface area contributed by atoms with E-state index in [1.165, 1.54) is 109 Å². The number of aliphatic hydroxyl groups excluding tert-OH is 5. The normalized spacial score (nSPS) is 23.0. The molecule has 1 aliphatic rings. The molecule has 0 aromatic heterocycles. The van der Waals surface area contributed by atoms with Gasteiger partial charge in [-0.1, -0.05) is 168 Å². The number of unbranched alkanes of at least 4 members (excludes halogenated alkanes) is 24. The van der Waals surface area contributed by atoms with Crippen LogP contribution in [0.5, 0.6) is 0 Å². The first kappa shape index (κ1) is 51.9. The average molecular weight is 811 g/mol. The molecule has 1 aliphatic carbocycles. The maximum absolute atomic E-state index is 12.7. The zero-order valence-electron chi connectivity index (χ0n) is 34.2. The van der Waals surface area contributed by atoms with Crippen molar-refractivity contribution in [2.24, 2.45) is 0 Å². The Hall–Kier alpha value is -1.15. The second-order valence-corrected chi connectivity index (χ2v) is 17.0. The second-order valence-electron chi connectivity index (χ2n) is 15.6. The molecule has 55 heavy (non-hydrogen) atoms. The fraction of sp³-hybridized carbons (Fsp3) is 0.951. The van der Waals surface area contributed by atoms with E-state index in [1.807, 2.05) is 0 Å². The molecule has 0 bridgehead atoms. The molecule has 0 aromatic rings. The van der Waals surface area contributed by atoms with Crippen molar-refractivity contribution in [1.82, 2.24) is 0 Å². The molecule has 1 saturated carbocycles. The molecule has 0 aliphatic heterocycles. The smallest absolute Gasteiger partial charge is 0.462 e. The lowest BCUT2D eigenvalue weighted by molar-refractivity contribution is -0.220. The van der Waals surface area contributed by atoms with Crippen molar-refractivity contribution < 1.29 is 63.1 Å². The molecule has 6 unspecified atom stereocenters. The third-order valence-corrected chi connectivity index (χ3v) is 11.4. The molecular weight excluding hydrogens is 731 g/mol. The summed E-state index contributed by atoms with van der Waals surface area (Å²) in [4.78, 5) is 35.3. The zero-order valence-corrected chi connectivity index (χ0v) is 35.1. The van der Waals surface area contributed by atoms with Crippen LogP contribution in [-0.4, -0.2) is 98.3 Å². The molecule has 0 saturated heterocycles. The number of carbonyl (C=O) groups excluding carboxylic acids is 2. The van der Waals surface area contributed by atoms with E-state index >= 15 is 0 Å². The molecule has 6 atom stereocenters. The Labute approximate surface area is 331 Å². The van der Waals surface area contributed by atoms with E-state index in [4.69, 9.17) is 18.5 Å². The number of esters is 2. The molecule has 13 nitrogen and oxygen atoms in total. The number of hydrogen-bond acceptors (Lipinski definition) is 12. The largest absolute Gasteiger partial charge is 0.472 e. The minimum absolute atomic E-state index is 0.104. The second kappa shape index (κ2) is 32.8. The van der Waals surface area contributed by atoms with Crippen molar-refractivity contribution in [3.63, 3.8) is 0 Å². The zero-order chi connectivity index (χ0) is 40.7. The van der Waals surface area contributed by atoms with E-state index in [2.05, 4.69) is 13.8 Å². The molecule has 6 N–H and O–H groups in total. The van der Waals surface area contributed by atoms with Crippen molar-refractivity contribution in [1.29, 1.82) is 0 Å². The maximum Gasteiger partial charge on any atom is 0.472 e. The molecule has 0 radical (unpaired) electrons. The molecule has 0 heterocycles. The van der Waals surface area contributed by atoms with Crippen LogP contribution in [0, 0.1) is 0 Å². The number of aliphatic hydroxyl groups is 5. The lowest BCUT2D eigenvalue weighted by Gasteiger charge is -2.41. The van der Waals surface area contributed by atoms with Crippen LogP contribution >= 0.6 is 7.82 Å². The van der Waals surface area contributed by atoms with Gasteiger partial charge in [0.2, 0.25) is 0 Å². The summed E-state index contributed by atoms with van der Waals surface area (Å²) < 4.78 is 33.2. The van der Waals surface area contributed by atoms with Crippen LogP contribution in [0.1, 0.15) is 194 Å². The Morgan fingerprint density at radius 3 is 1.20 bits per heavy atom. The van der Waals surface area contributed by atoms with Gasteiger partial charge >= 0.3 is 19.8 Å². The summed E-state index contributed by atoms with van der Waals surface area (Å²) in [5, 5.41) is 49.9. The first-order valence-electron chi connectivity index (χ1n) is 21.8. The summed E-state index contributed by atoms with van der Waals surface area (Å²) in [7, 11) is -5.10. The highest BCUT2D eigenvalue weighted by Crippen LogP contribution is 2.47. The van der Waals surface area contributed by atoms with Crippen LogP contribution in [0.2, 0.25) is 0 Å². The van der Waals surface area contributed by atoms with Crippen molar-refractivity contribution in [3.05, 3.63) is 0 Å². The predicted molar refractivity (Wildman–Crippen MR) is 212 cm³/mol. The summed E-state index contributed by atoms with van der Waals surface area (Å²) in [6, 6.07) is 0. The Bertz CT molecular complexity index is 985. The van der Waals surface area contributed by atoms with Crippen molar-refractivity contribution >= 4 is 19.8 Å². The SMILES string of the molecule is CCCCCCCCCCCCCCCCCCCCCCCC(=O)OC(COC(=O)CCCCCCC)COP(=O)(O)OC1C(O)C(O)C(O)C(O)C1O. The highest BCUT2D eigenvalue weighted by molar-refractivity contribution is 7.47. The van der Waals surface area contributed by atoms with Crippen LogP contribution in [0.15, 0.2) is 0 Å². The van der Waals surface area contributed by atoms with E-state index in [0.717, 1.165) is 44.9 Å². The Balaban J connectivity index is 2.32. The number of phosphoric ester groups is 1. The molecule has 14 heteroatoms. The van der Waals surface area contributed by atoms with Crippen LogP contribution in [0.4, 0.5) is 0 Å². The van der Waals surface area contributed by atoms with Gasteiger partial charge in [-0.3, -0.25) is 18.6 Å². The van der Waals surface area contributed by atoms with Crippen molar-refractivity contribution in [3.8, 4) is 0 Å². The van der Waals surface area contributed by atoms with Gasteiger partial charge in [0.1, 0.15) is 43.2 Å². The van der Waals surface area contributed by atoms with Crippen molar-refractivity contribution in [2.75, 3.05) is 13.2 Å². The van der Waals surface area contributed by atoms with Gasteiger partial charge < -0.3 is 39.9 Å². The maximum atomic E-state index is 12.7. The van der Waals surface area contributed by atoms with Gasteiger partial charge in [-0.25, -0.2) is 4.57 Å². The van der Waals surface area contributed by atoms with Gasteiger partial charge in [-0.2, -0.15) is 0 Å². The first-order valence-corrected chi connectivity index (χ1v) is 23.3. The number of carbonyl (C=O) groups is 2. The van der Waals surface area contributed by atoms with E-state index in [1.54, 1.807) is 0 Å². The van der Waals surface area contributed by atoms with Crippen LogP contribution in [-0.2, 0) is 32.7 Å². The Kier molecular flexibility index (Phi) is 30.9. The first-order chi connectivity index (χ1) is 26.4. The van der Waals surface area contributed by atoms with Gasteiger partial charge in [-0.05, 0) is 12.8 Å². The van der Waals surface area contributed by atoms with Gasteiger partial charge in [0.25, 0.3) is 0 Å². The van der Waals surface area contributed by atoms with E-state index in [-0.39, 0.29) is 12.8 Å². The molecule has 0 spiro atoms. The third-order valence-electron chi connectivity index (χ3n) is 10.4. The minimum atomic E-state index is -5.10. The molecular formula is C41H79O13P. The highest BCUT2D eigenvalue weighted by Gasteiger charge is 2.51. The summed E-state index contributed by atoms with van der Waals surface area (Å²) in [5.41, 5.74) is 0. The average Bonchev–Trinajstić information content (AvgIpc) is 3.16. The fourth-order valence-corrected chi connectivity index (χ4v) is 7.85. The Morgan fingerprint density at radius 1 is 0.491 bits per heavy atom. The molecule has 1 fully saturated rings. The van der Waals surface area contributed by atoms with Gasteiger partial charge in [0.15, 0.2) is 6.10 Å². The van der Waals surface area contributed by atoms with E-state index in [0.29, 0.717) is 12.8 Å². The number of ether oxygens (including phenoxy) is 2. The highest BCUT2D eigenvalue weighted by atomic mass is 31.2.